The summed E-state index contributed by atoms with van der Waals surface area (Å²) in [6.07, 6.45) is -1.21. The highest BCUT2D eigenvalue weighted by atomic mass is 28.4. The molecule has 0 aliphatic carbocycles. The highest BCUT2D eigenvalue weighted by Crippen LogP contribution is 2.36. The van der Waals surface area contributed by atoms with Crippen LogP contribution in [0, 0.1) is 0 Å². The number of carbonyl (C=O) groups is 2. The lowest BCUT2D eigenvalue weighted by Crippen LogP contribution is -2.67. The molecular weight excluding hydrogens is 360 g/mol. The lowest BCUT2D eigenvalue weighted by molar-refractivity contribution is -0.164. The minimum atomic E-state index is -2.84. The second-order valence-corrected chi connectivity index (χ2v) is 11.7. The number of carbonyl (C=O) groups excluding carboxylic acids is 1. The van der Waals surface area contributed by atoms with Gasteiger partial charge in [-0.2, -0.15) is 0 Å². The predicted molar refractivity (Wildman–Crippen MR) is 107 cm³/mol. The monoisotopic (exact) mass is 386 g/mol. The number of hydrogen-bond acceptors (Lipinski definition) is 4. The number of ether oxygens (including phenoxy) is 1. The van der Waals surface area contributed by atoms with Crippen LogP contribution in [0.25, 0.3) is 0 Å². The Kier molecular flexibility index (Phi) is 6.57. The molecule has 0 saturated carbocycles. The van der Waals surface area contributed by atoms with E-state index in [1.807, 2.05) is 60.7 Å². The fourth-order valence-electron chi connectivity index (χ4n) is 3.21. The van der Waals surface area contributed by atoms with Crippen molar-refractivity contribution >= 4 is 30.6 Å². The van der Waals surface area contributed by atoms with E-state index in [-0.39, 0.29) is 11.6 Å². The Morgan fingerprint density at radius 2 is 1.41 bits per heavy atom. The van der Waals surface area contributed by atoms with Crippen LogP contribution < -0.4 is 10.4 Å². The number of carboxylic acid groups (broad SMARTS) is 1. The summed E-state index contributed by atoms with van der Waals surface area (Å²) in [5.74, 6) is -1.87. The lowest BCUT2D eigenvalue weighted by atomic mass is 10.2. The van der Waals surface area contributed by atoms with Crippen molar-refractivity contribution in [3.63, 3.8) is 0 Å². The van der Waals surface area contributed by atoms with Gasteiger partial charge in [-0.1, -0.05) is 81.4 Å². The molecule has 0 radical (unpaired) electrons. The molecule has 0 aliphatic heterocycles. The van der Waals surface area contributed by atoms with Crippen molar-refractivity contribution in [3.8, 4) is 0 Å². The van der Waals surface area contributed by atoms with E-state index >= 15 is 0 Å². The maximum Gasteiger partial charge on any atom is 0.344 e. The molecule has 0 aromatic heterocycles. The van der Waals surface area contributed by atoms with Gasteiger partial charge in [0.25, 0.3) is 8.32 Å². The van der Waals surface area contributed by atoms with E-state index in [0.717, 1.165) is 10.4 Å². The topological polar surface area (TPSA) is 72.8 Å². The van der Waals surface area contributed by atoms with Crippen molar-refractivity contribution < 1.29 is 23.9 Å². The van der Waals surface area contributed by atoms with Crippen LogP contribution in [0.4, 0.5) is 0 Å². The third-order valence-electron chi connectivity index (χ3n) is 4.48. The van der Waals surface area contributed by atoms with Crippen molar-refractivity contribution in [2.24, 2.45) is 0 Å². The van der Waals surface area contributed by atoms with Gasteiger partial charge in [0.1, 0.15) is 6.61 Å². The third kappa shape index (κ3) is 4.64. The van der Waals surface area contributed by atoms with Crippen LogP contribution in [0.5, 0.6) is 0 Å². The number of hydrogen-bond donors (Lipinski definition) is 1. The minimum absolute atomic E-state index is 0.269. The molecule has 0 aliphatic rings. The van der Waals surface area contributed by atoms with Gasteiger partial charge in [0.15, 0.2) is 6.10 Å². The third-order valence-corrected chi connectivity index (χ3v) is 9.46. The molecule has 0 saturated heterocycles. The first-order valence-electron chi connectivity index (χ1n) is 8.86. The highest BCUT2D eigenvalue weighted by Gasteiger charge is 2.50. The van der Waals surface area contributed by atoms with Gasteiger partial charge in [-0.3, -0.25) is 0 Å². The Hall–Kier alpha value is -2.44. The Balaban J connectivity index is 2.44. The van der Waals surface area contributed by atoms with Crippen LogP contribution in [-0.4, -0.2) is 38.1 Å². The van der Waals surface area contributed by atoms with E-state index in [1.165, 1.54) is 6.92 Å². The summed E-state index contributed by atoms with van der Waals surface area (Å²) in [4.78, 5) is 23.1. The summed E-state index contributed by atoms with van der Waals surface area (Å²) in [5, 5.41) is 10.8. The van der Waals surface area contributed by atoms with E-state index in [2.05, 4.69) is 20.8 Å². The molecular formula is C21H26O5Si. The van der Waals surface area contributed by atoms with Crippen LogP contribution in [0.1, 0.15) is 27.7 Å². The van der Waals surface area contributed by atoms with Crippen LogP contribution in [0.15, 0.2) is 60.7 Å². The zero-order valence-electron chi connectivity index (χ0n) is 16.1. The predicted octanol–water partition coefficient (Wildman–Crippen LogP) is 2.58. The van der Waals surface area contributed by atoms with E-state index < -0.39 is 26.4 Å². The average molecular weight is 387 g/mol. The number of benzene rings is 2. The Morgan fingerprint density at radius 1 is 0.963 bits per heavy atom. The van der Waals surface area contributed by atoms with Crippen molar-refractivity contribution in [2.75, 3.05) is 6.61 Å². The van der Waals surface area contributed by atoms with E-state index in [0.29, 0.717) is 0 Å². The molecule has 144 valence electrons. The number of aliphatic carboxylic acids is 1. The van der Waals surface area contributed by atoms with Gasteiger partial charge in [-0.05, 0) is 22.3 Å². The second-order valence-electron chi connectivity index (χ2n) is 7.42. The largest absolute Gasteiger partial charge is 0.479 e. The molecule has 2 rings (SSSR count). The summed E-state index contributed by atoms with van der Waals surface area (Å²) in [5.41, 5.74) is 0. The van der Waals surface area contributed by atoms with Crippen LogP contribution >= 0.6 is 0 Å². The minimum Gasteiger partial charge on any atom is -0.479 e. The average Bonchev–Trinajstić information content (AvgIpc) is 2.62. The van der Waals surface area contributed by atoms with Gasteiger partial charge in [0.2, 0.25) is 0 Å². The van der Waals surface area contributed by atoms with Crippen molar-refractivity contribution in [2.45, 2.75) is 38.8 Å². The van der Waals surface area contributed by atoms with E-state index in [1.54, 1.807) is 0 Å². The standard InChI is InChI=1S/C21H26O5Si/c1-16(20(23)24)26-19(22)15-25-27(21(2,3)4,17-11-7-5-8-12-17)18-13-9-6-10-14-18/h5-14,16H,15H2,1-4H3,(H,23,24)/t16-/m1/s1. The van der Waals surface area contributed by atoms with Crippen molar-refractivity contribution in [1.29, 1.82) is 0 Å². The van der Waals surface area contributed by atoms with E-state index in [9.17, 15) is 9.59 Å². The molecule has 0 spiro atoms. The van der Waals surface area contributed by atoms with Gasteiger partial charge in [0, 0.05) is 0 Å². The molecule has 27 heavy (non-hydrogen) atoms. The Morgan fingerprint density at radius 3 is 1.78 bits per heavy atom. The summed E-state index contributed by atoms with van der Waals surface area (Å²) in [6, 6.07) is 19.8. The molecule has 0 amide bonds. The summed E-state index contributed by atoms with van der Waals surface area (Å²) in [6.45, 7) is 7.33. The van der Waals surface area contributed by atoms with Gasteiger partial charge in [-0.15, -0.1) is 0 Å². The first-order valence-corrected chi connectivity index (χ1v) is 10.8. The zero-order chi connectivity index (χ0) is 20.1. The number of carboxylic acids is 1. The highest BCUT2D eigenvalue weighted by molar-refractivity contribution is 6.99. The SMILES string of the molecule is C[C@@H](OC(=O)CO[Si](c1ccccc1)(c1ccccc1)C(C)(C)C)C(=O)O. The lowest BCUT2D eigenvalue weighted by Gasteiger charge is -2.42. The van der Waals surface area contributed by atoms with Crippen LogP contribution in [0.3, 0.4) is 0 Å². The van der Waals surface area contributed by atoms with Gasteiger partial charge in [-0.25, -0.2) is 9.59 Å². The molecule has 5 nitrogen and oxygen atoms in total. The number of esters is 1. The number of rotatable bonds is 7. The molecule has 6 heteroatoms. The Labute approximate surface area is 161 Å². The first kappa shape index (κ1) is 20.9. The molecule has 0 unspecified atom stereocenters. The second kappa shape index (κ2) is 8.50. The maximum absolute atomic E-state index is 12.2. The summed E-state index contributed by atoms with van der Waals surface area (Å²) >= 11 is 0. The smallest absolute Gasteiger partial charge is 0.344 e. The fourth-order valence-corrected chi connectivity index (χ4v) is 7.70. The molecule has 0 fully saturated rings. The molecule has 2 aromatic carbocycles. The molecule has 1 N–H and O–H groups in total. The zero-order valence-corrected chi connectivity index (χ0v) is 17.1. The fraction of sp³-hybridized carbons (Fsp3) is 0.333. The van der Waals surface area contributed by atoms with Crippen LogP contribution in [0.2, 0.25) is 5.04 Å². The van der Waals surface area contributed by atoms with Gasteiger partial charge in [0.05, 0.1) is 0 Å². The van der Waals surface area contributed by atoms with E-state index in [4.69, 9.17) is 14.3 Å². The summed E-state index contributed by atoms with van der Waals surface area (Å²) in [7, 11) is -2.84. The summed E-state index contributed by atoms with van der Waals surface area (Å²) < 4.78 is 11.3. The Bertz CT molecular complexity index is 729. The van der Waals surface area contributed by atoms with Gasteiger partial charge < -0.3 is 14.3 Å². The molecule has 0 heterocycles. The van der Waals surface area contributed by atoms with Gasteiger partial charge >= 0.3 is 11.9 Å². The normalized spacial score (nSPS) is 13.0. The molecule has 1 atom stereocenters. The maximum atomic E-state index is 12.2. The quantitative estimate of drug-likeness (QED) is 0.585. The van der Waals surface area contributed by atoms with Crippen molar-refractivity contribution in [1.82, 2.24) is 0 Å². The molecule has 0 bridgehead atoms. The van der Waals surface area contributed by atoms with Crippen LogP contribution in [-0.2, 0) is 18.8 Å². The molecule has 2 aromatic rings. The first-order chi connectivity index (χ1) is 12.7. The van der Waals surface area contributed by atoms with Crippen molar-refractivity contribution in [3.05, 3.63) is 60.7 Å².